The highest BCUT2D eigenvalue weighted by atomic mass is 32.1. The smallest absolute Gasteiger partial charge is 0.213 e. The largest absolute Gasteiger partial charge is 0.481 e. The van der Waals surface area contributed by atoms with Gasteiger partial charge in [-0.2, -0.15) is 0 Å². The minimum atomic E-state index is 0.315. The summed E-state index contributed by atoms with van der Waals surface area (Å²) in [5, 5.41) is 1.08. The molecule has 0 aliphatic carbocycles. The molecule has 1 aliphatic rings. The van der Waals surface area contributed by atoms with Crippen molar-refractivity contribution in [2.45, 2.75) is 39.7 Å². The summed E-state index contributed by atoms with van der Waals surface area (Å²) in [6.07, 6.45) is 2.28. The van der Waals surface area contributed by atoms with E-state index in [-0.39, 0.29) is 0 Å². The molecule has 27 heavy (non-hydrogen) atoms. The van der Waals surface area contributed by atoms with Crippen LogP contribution < -0.4 is 4.74 Å². The molecule has 4 rings (SSSR count). The number of nitrogens with zero attached hydrogens (tertiary/aromatic N) is 4. The van der Waals surface area contributed by atoms with E-state index in [2.05, 4.69) is 46.1 Å². The van der Waals surface area contributed by atoms with Gasteiger partial charge in [-0.25, -0.2) is 15.0 Å². The van der Waals surface area contributed by atoms with E-state index in [9.17, 15) is 0 Å². The van der Waals surface area contributed by atoms with Crippen LogP contribution in [0.2, 0.25) is 0 Å². The summed E-state index contributed by atoms with van der Waals surface area (Å²) in [5.41, 5.74) is 4.34. The Morgan fingerprint density at radius 2 is 2.07 bits per heavy atom. The number of methoxy groups -OCH3 is 1. The highest BCUT2D eigenvalue weighted by Gasteiger charge is 2.28. The summed E-state index contributed by atoms with van der Waals surface area (Å²) in [6.45, 7) is 8.53. The van der Waals surface area contributed by atoms with Gasteiger partial charge in [-0.1, -0.05) is 0 Å². The number of pyridine rings is 2. The monoisotopic (exact) mass is 382 g/mol. The second kappa shape index (κ2) is 7.52. The van der Waals surface area contributed by atoms with Gasteiger partial charge in [0.25, 0.3) is 0 Å². The van der Waals surface area contributed by atoms with Crippen LogP contribution in [0.25, 0.3) is 10.3 Å². The predicted octanol–water partition coefficient (Wildman–Crippen LogP) is 4.34. The zero-order chi connectivity index (χ0) is 19.0. The van der Waals surface area contributed by atoms with Crippen LogP contribution in [-0.4, -0.2) is 40.1 Å². The van der Waals surface area contributed by atoms with Crippen LogP contribution in [-0.2, 0) is 6.42 Å². The van der Waals surface area contributed by atoms with E-state index in [0.29, 0.717) is 17.8 Å². The van der Waals surface area contributed by atoms with Gasteiger partial charge in [-0.05, 0) is 69.8 Å². The van der Waals surface area contributed by atoms with E-state index >= 15 is 0 Å². The van der Waals surface area contributed by atoms with Crippen LogP contribution in [0.3, 0.4) is 0 Å². The normalized spacial score (nSPS) is 18.9. The maximum Gasteiger partial charge on any atom is 0.213 e. The standard InChI is InChI=1S/C21H26N4OS/c1-13-9-17(11-20(22-13)26-4)10-16-7-8-25(12-16)14(2)18-5-6-19-21(24-18)23-15(3)27-19/h5-6,9,11,14,16H,7-8,10,12H2,1-4H3/t14?,16-/m0/s1. The summed E-state index contributed by atoms with van der Waals surface area (Å²) < 4.78 is 6.49. The molecule has 0 N–H and O–H groups in total. The van der Waals surface area contributed by atoms with E-state index in [1.165, 1.54) is 16.7 Å². The molecule has 2 atom stereocenters. The first-order valence-electron chi connectivity index (χ1n) is 9.51. The number of hydrogen-bond acceptors (Lipinski definition) is 6. The van der Waals surface area contributed by atoms with E-state index in [4.69, 9.17) is 9.72 Å². The fraction of sp³-hybridized carbons (Fsp3) is 0.476. The third kappa shape index (κ3) is 3.96. The topological polar surface area (TPSA) is 51.1 Å². The maximum atomic E-state index is 5.32. The van der Waals surface area contributed by atoms with Crippen LogP contribution in [0.5, 0.6) is 5.88 Å². The fourth-order valence-corrected chi connectivity index (χ4v) is 4.77. The van der Waals surface area contributed by atoms with E-state index in [1.54, 1.807) is 18.4 Å². The average molecular weight is 383 g/mol. The Kier molecular flexibility index (Phi) is 5.10. The molecule has 1 fully saturated rings. The molecule has 0 bridgehead atoms. The molecule has 1 unspecified atom stereocenters. The van der Waals surface area contributed by atoms with E-state index in [1.807, 2.05) is 13.8 Å². The van der Waals surface area contributed by atoms with Crippen LogP contribution in [0.4, 0.5) is 0 Å². The Bertz CT molecular complexity index is 955. The zero-order valence-electron chi connectivity index (χ0n) is 16.4. The van der Waals surface area contributed by atoms with Crippen LogP contribution >= 0.6 is 11.3 Å². The van der Waals surface area contributed by atoms with E-state index < -0.39 is 0 Å². The molecule has 4 heterocycles. The van der Waals surface area contributed by atoms with Crippen molar-refractivity contribution >= 4 is 21.7 Å². The van der Waals surface area contributed by atoms with Gasteiger partial charge in [0.2, 0.25) is 5.88 Å². The zero-order valence-corrected chi connectivity index (χ0v) is 17.2. The van der Waals surface area contributed by atoms with Crippen molar-refractivity contribution in [1.82, 2.24) is 19.9 Å². The lowest BCUT2D eigenvalue weighted by molar-refractivity contribution is 0.248. The minimum absolute atomic E-state index is 0.315. The van der Waals surface area contributed by atoms with Crippen molar-refractivity contribution in [3.05, 3.63) is 46.2 Å². The maximum absolute atomic E-state index is 5.32. The Hall–Kier alpha value is -2.05. The third-order valence-electron chi connectivity index (χ3n) is 5.40. The molecule has 3 aromatic heterocycles. The molecule has 0 amide bonds. The lowest BCUT2D eigenvalue weighted by atomic mass is 9.99. The van der Waals surface area contributed by atoms with Crippen molar-refractivity contribution in [3.8, 4) is 5.88 Å². The summed E-state index contributed by atoms with van der Waals surface area (Å²) in [6, 6.07) is 8.89. The van der Waals surface area contributed by atoms with Gasteiger partial charge in [0.15, 0.2) is 5.65 Å². The Morgan fingerprint density at radius 3 is 2.89 bits per heavy atom. The van der Waals surface area contributed by atoms with E-state index in [0.717, 1.165) is 41.6 Å². The summed E-state index contributed by atoms with van der Waals surface area (Å²) >= 11 is 1.71. The number of likely N-dealkylation sites (tertiary alicyclic amines) is 1. The van der Waals surface area contributed by atoms with Crippen LogP contribution in [0, 0.1) is 19.8 Å². The van der Waals surface area contributed by atoms with Gasteiger partial charge in [0.1, 0.15) is 0 Å². The van der Waals surface area contributed by atoms with Gasteiger partial charge < -0.3 is 4.74 Å². The molecule has 142 valence electrons. The summed E-state index contributed by atoms with van der Waals surface area (Å²) in [7, 11) is 1.68. The molecule has 1 aliphatic heterocycles. The van der Waals surface area contributed by atoms with Crippen LogP contribution in [0.1, 0.15) is 41.3 Å². The predicted molar refractivity (Wildman–Crippen MR) is 109 cm³/mol. The Balaban J connectivity index is 1.44. The molecular formula is C21H26N4OS. The molecule has 6 heteroatoms. The lowest BCUT2D eigenvalue weighted by Gasteiger charge is -2.24. The second-order valence-electron chi connectivity index (χ2n) is 7.48. The number of ether oxygens (including phenoxy) is 1. The SMILES string of the molecule is COc1cc(C[C@@H]2CCN(C(C)c3ccc4sc(C)nc4n3)C2)cc(C)n1. The van der Waals surface area contributed by atoms with Gasteiger partial charge >= 0.3 is 0 Å². The average Bonchev–Trinajstić information content (AvgIpc) is 3.25. The number of fused-ring (bicyclic) bond motifs is 1. The third-order valence-corrected chi connectivity index (χ3v) is 6.32. The second-order valence-corrected chi connectivity index (χ2v) is 8.71. The summed E-state index contributed by atoms with van der Waals surface area (Å²) in [4.78, 5) is 16.3. The molecule has 0 radical (unpaired) electrons. The molecule has 5 nitrogen and oxygen atoms in total. The highest BCUT2D eigenvalue weighted by Crippen LogP contribution is 2.30. The van der Waals surface area contributed by atoms with Crippen molar-refractivity contribution < 1.29 is 4.74 Å². The van der Waals surface area contributed by atoms with Gasteiger partial charge in [-0.15, -0.1) is 11.3 Å². The number of rotatable bonds is 5. The quantitative estimate of drug-likeness (QED) is 0.657. The van der Waals surface area contributed by atoms with Gasteiger partial charge in [0.05, 0.1) is 22.5 Å². The molecule has 0 saturated carbocycles. The lowest BCUT2D eigenvalue weighted by Crippen LogP contribution is -2.25. The van der Waals surface area contributed by atoms with Crippen molar-refractivity contribution in [1.29, 1.82) is 0 Å². The first-order valence-corrected chi connectivity index (χ1v) is 10.3. The molecule has 0 aromatic carbocycles. The van der Waals surface area contributed by atoms with Crippen LogP contribution in [0.15, 0.2) is 24.3 Å². The van der Waals surface area contributed by atoms with Gasteiger partial charge in [0, 0.05) is 24.3 Å². The van der Waals surface area contributed by atoms with Gasteiger partial charge in [-0.3, -0.25) is 4.90 Å². The first kappa shape index (κ1) is 18.3. The van der Waals surface area contributed by atoms with Crippen molar-refractivity contribution in [2.24, 2.45) is 5.92 Å². The Labute approximate surface area is 164 Å². The number of aromatic nitrogens is 3. The number of thiazole rings is 1. The highest BCUT2D eigenvalue weighted by molar-refractivity contribution is 7.18. The molecule has 3 aromatic rings. The molecule has 0 spiro atoms. The first-order chi connectivity index (χ1) is 13.0. The fourth-order valence-electron chi connectivity index (χ4n) is 4.00. The van der Waals surface area contributed by atoms with Crippen molar-refractivity contribution in [3.63, 3.8) is 0 Å². The Morgan fingerprint density at radius 1 is 1.22 bits per heavy atom. The summed E-state index contributed by atoms with van der Waals surface area (Å²) in [5.74, 6) is 1.37. The molecule has 1 saturated heterocycles. The van der Waals surface area contributed by atoms with Crippen molar-refractivity contribution in [2.75, 3.05) is 20.2 Å². The number of aryl methyl sites for hydroxylation is 2. The molecular weight excluding hydrogens is 356 g/mol. The number of hydrogen-bond donors (Lipinski definition) is 0. The minimum Gasteiger partial charge on any atom is -0.481 e.